The van der Waals surface area contributed by atoms with Crippen LogP contribution in [0.25, 0.3) is 0 Å². The van der Waals surface area contributed by atoms with Crippen molar-refractivity contribution in [3.63, 3.8) is 0 Å². The second-order valence-electron chi connectivity index (χ2n) is 8.05. The van der Waals surface area contributed by atoms with Gasteiger partial charge in [-0.05, 0) is 52.1 Å². The smallest absolute Gasteiger partial charge is 0.192 e. The second kappa shape index (κ2) is 8.14. The van der Waals surface area contributed by atoms with E-state index in [1.165, 1.54) is 25.8 Å². The van der Waals surface area contributed by atoms with Gasteiger partial charge >= 0.3 is 0 Å². The van der Waals surface area contributed by atoms with Gasteiger partial charge in [-0.25, -0.2) is 4.99 Å². The maximum absolute atomic E-state index is 6.00. The summed E-state index contributed by atoms with van der Waals surface area (Å²) in [6.45, 7) is 7.99. The number of ether oxygens (including phenoxy) is 1. The number of hydrogen-bond acceptors (Lipinski definition) is 5. The predicted octanol–water partition coefficient (Wildman–Crippen LogP) is 0.963. The molecule has 3 fully saturated rings. The highest BCUT2D eigenvalue weighted by Crippen LogP contribution is 2.34. The van der Waals surface area contributed by atoms with Crippen LogP contribution in [0.15, 0.2) is 4.99 Å². The molecule has 3 aliphatic heterocycles. The zero-order chi connectivity index (χ0) is 18.8. The molecular weight excluding hydrogens is 342 g/mol. The first-order valence-electron chi connectivity index (χ1n) is 10.4. The predicted molar refractivity (Wildman–Crippen MR) is 105 cm³/mol. The van der Waals surface area contributed by atoms with E-state index in [4.69, 9.17) is 9.73 Å². The molecule has 27 heavy (non-hydrogen) atoms. The van der Waals surface area contributed by atoms with Gasteiger partial charge in [0.05, 0.1) is 18.2 Å². The van der Waals surface area contributed by atoms with Crippen molar-refractivity contribution in [2.75, 3.05) is 19.6 Å². The van der Waals surface area contributed by atoms with Crippen molar-refractivity contribution in [3.05, 3.63) is 11.6 Å². The normalized spacial score (nSPS) is 31.0. The molecule has 4 rings (SSSR count). The van der Waals surface area contributed by atoms with Gasteiger partial charge in [0, 0.05) is 19.6 Å². The van der Waals surface area contributed by atoms with Crippen molar-refractivity contribution < 1.29 is 4.74 Å². The SMILES string of the molecule is CCN1CCCC1CNC(=NCc1nnc(C)n1C)NC1CC2CCC1O2. The zero-order valence-corrected chi connectivity index (χ0v) is 16.8. The molecule has 3 aliphatic rings. The summed E-state index contributed by atoms with van der Waals surface area (Å²) in [7, 11) is 1.99. The summed E-state index contributed by atoms with van der Waals surface area (Å²) in [5.74, 6) is 2.67. The van der Waals surface area contributed by atoms with Crippen molar-refractivity contribution >= 4 is 5.96 Å². The highest BCUT2D eigenvalue weighted by molar-refractivity contribution is 5.80. The minimum Gasteiger partial charge on any atom is -0.373 e. The van der Waals surface area contributed by atoms with E-state index in [2.05, 4.69) is 32.7 Å². The van der Waals surface area contributed by atoms with Gasteiger partial charge in [0.25, 0.3) is 0 Å². The van der Waals surface area contributed by atoms with Crippen molar-refractivity contribution in [2.24, 2.45) is 12.0 Å². The van der Waals surface area contributed by atoms with Gasteiger partial charge < -0.3 is 19.9 Å². The molecule has 0 radical (unpaired) electrons. The lowest BCUT2D eigenvalue weighted by Crippen LogP contribution is -2.50. The van der Waals surface area contributed by atoms with Gasteiger partial charge in [0.15, 0.2) is 11.8 Å². The number of likely N-dealkylation sites (tertiary alicyclic amines) is 1. The first-order valence-corrected chi connectivity index (χ1v) is 10.4. The Balaban J connectivity index is 1.41. The Labute approximate surface area is 161 Å². The van der Waals surface area contributed by atoms with E-state index in [0.29, 0.717) is 30.8 Å². The molecule has 8 heteroatoms. The van der Waals surface area contributed by atoms with Gasteiger partial charge in [0.2, 0.25) is 0 Å². The van der Waals surface area contributed by atoms with E-state index in [9.17, 15) is 0 Å². The Morgan fingerprint density at radius 1 is 1.30 bits per heavy atom. The van der Waals surface area contributed by atoms with E-state index < -0.39 is 0 Å². The van der Waals surface area contributed by atoms with Crippen LogP contribution >= 0.6 is 0 Å². The molecule has 3 saturated heterocycles. The Morgan fingerprint density at radius 3 is 2.85 bits per heavy atom. The lowest BCUT2D eigenvalue weighted by molar-refractivity contribution is 0.0992. The van der Waals surface area contributed by atoms with Crippen LogP contribution in [0, 0.1) is 6.92 Å². The summed E-state index contributed by atoms with van der Waals surface area (Å²) < 4.78 is 8.00. The third-order valence-electron chi connectivity index (χ3n) is 6.40. The number of aryl methyl sites for hydroxylation is 1. The number of fused-ring (bicyclic) bond motifs is 2. The number of aromatic nitrogens is 3. The minimum absolute atomic E-state index is 0.331. The summed E-state index contributed by atoms with van der Waals surface area (Å²) in [5, 5.41) is 15.6. The average Bonchev–Trinajstić information content (AvgIpc) is 3.44. The summed E-state index contributed by atoms with van der Waals surface area (Å²) in [4.78, 5) is 7.38. The molecule has 4 unspecified atom stereocenters. The molecule has 0 amide bonds. The molecule has 0 saturated carbocycles. The summed E-state index contributed by atoms with van der Waals surface area (Å²) in [5.41, 5.74) is 0. The first-order chi connectivity index (χ1) is 13.1. The second-order valence-corrected chi connectivity index (χ2v) is 8.05. The molecule has 2 N–H and O–H groups in total. The maximum atomic E-state index is 6.00. The van der Waals surface area contributed by atoms with Gasteiger partial charge in [-0.2, -0.15) is 0 Å². The van der Waals surface area contributed by atoms with Crippen LogP contribution in [-0.4, -0.2) is 69.5 Å². The zero-order valence-electron chi connectivity index (χ0n) is 16.8. The fourth-order valence-electron chi connectivity index (χ4n) is 4.61. The fraction of sp³-hybridized carbons (Fsp3) is 0.842. The van der Waals surface area contributed by atoms with Crippen LogP contribution < -0.4 is 10.6 Å². The molecule has 0 aromatic carbocycles. The summed E-state index contributed by atoms with van der Waals surface area (Å²) in [6, 6.07) is 0.956. The van der Waals surface area contributed by atoms with Crippen molar-refractivity contribution in [1.82, 2.24) is 30.3 Å². The van der Waals surface area contributed by atoms with Crippen LogP contribution in [-0.2, 0) is 18.3 Å². The number of likely N-dealkylation sites (N-methyl/N-ethyl adjacent to an activating group) is 1. The van der Waals surface area contributed by atoms with E-state index in [1.54, 1.807) is 0 Å². The molecule has 1 aromatic heterocycles. The van der Waals surface area contributed by atoms with E-state index in [0.717, 1.165) is 43.5 Å². The topological polar surface area (TPSA) is 79.6 Å². The monoisotopic (exact) mass is 375 g/mol. The number of hydrogen-bond donors (Lipinski definition) is 2. The number of nitrogens with one attached hydrogen (secondary N) is 2. The van der Waals surface area contributed by atoms with Crippen LogP contribution in [0.5, 0.6) is 0 Å². The van der Waals surface area contributed by atoms with E-state index in [1.807, 2.05) is 18.5 Å². The minimum atomic E-state index is 0.331. The van der Waals surface area contributed by atoms with Crippen LogP contribution in [0.1, 0.15) is 50.7 Å². The largest absolute Gasteiger partial charge is 0.373 e. The molecule has 4 atom stereocenters. The van der Waals surface area contributed by atoms with Gasteiger partial charge in [-0.15, -0.1) is 10.2 Å². The van der Waals surface area contributed by atoms with Crippen LogP contribution in [0.3, 0.4) is 0 Å². The highest BCUT2D eigenvalue weighted by atomic mass is 16.5. The number of rotatable bonds is 6. The number of guanidine groups is 1. The van der Waals surface area contributed by atoms with Gasteiger partial charge in [-0.3, -0.25) is 4.90 Å². The average molecular weight is 376 g/mol. The summed E-state index contributed by atoms with van der Waals surface area (Å²) in [6.07, 6.45) is 6.75. The number of nitrogens with zero attached hydrogens (tertiary/aromatic N) is 5. The molecule has 150 valence electrons. The molecule has 0 spiro atoms. The Morgan fingerprint density at radius 2 is 2.19 bits per heavy atom. The first kappa shape index (κ1) is 18.7. The quantitative estimate of drug-likeness (QED) is 0.570. The molecule has 4 heterocycles. The van der Waals surface area contributed by atoms with Crippen molar-refractivity contribution in [3.8, 4) is 0 Å². The maximum Gasteiger partial charge on any atom is 0.192 e. The molecular formula is C19H33N7O. The van der Waals surface area contributed by atoms with E-state index in [-0.39, 0.29) is 0 Å². The Kier molecular flexibility index (Phi) is 5.63. The van der Waals surface area contributed by atoms with Crippen LogP contribution in [0.2, 0.25) is 0 Å². The molecule has 1 aromatic rings. The van der Waals surface area contributed by atoms with E-state index >= 15 is 0 Å². The summed E-state index contributed by atoms with van der Waals surface area (Å²) >= 11 is 0. The Bertz CT molecular complexity index is 673. The fourth-order valence-corrected chi connectivity index (χ4v) is 4.61. The Hall–Kier alpha value is -1.67. The lowest BCUT2D eigenvalue weighted by atomic mass is 9.96. The number of aliphatic imine (C=N–C) groups is 1. The molecule has 0 aliphatic carbocycles. The van der Waals surface area contributed by atoms with Crippen molar-refractivity contribution in [1.29, 1.82) is 0 Å². The van der Waals surface area contributed by atoms with Gasteiger partial charge in [0.1, 0.15) is 12.4 Å². The highest BCUT2D eigenvalue weighted by Gasteiger charge is 2.41. The van der Waals surface area contributed by atoms with Crippen LogP contribution in [0.4, 0.5) is 0 Å². The third kappa shape index (κ3) is 4.11. The third-order valence-corrected chi connectivity index (χ3v) is 6.40. The standard InChI is InChI=1S/C19H33N7O/c1-4-26-9-5-6-14(26)11-20-19(21-12-18-24-23-13(2)25(18)3)22-16-10-15-7-8-17(16)27-15/h14-17H,4-12H2,1-3H3,(H2,20,21,22). The molecule has 8 nitrogen and oxygen atoms in total. The van der Waals surface area contributed by atoms with Crippen molar-refractivity contribution in [2.45, 2.75) is 76.8 Å². The lowest BCUT2D eigenvalue weighted by Gasteiger charge is -2.26. The van der Waals surface area contributed by atoms with Gasteiger partial charge in [-0.1, -0.05) is 6.92 Å². The molecule has 2 bridgehead atoms.